The van der Waals surface area contributed by atoms with Crippen LogP contribution >= 0.6 is 24.8 Å². The van der Waals surface area contributed by atoms with Crippen molar-refractivity contribution >= 4 is 24.8 Å². The molecule has 1 nitrogen and oxygen atoms in total. The second kappa shape index (κ2) is 5.19. The average molecular weight is 290 g/mol. The number of hydrogen-bond donors (Lipinski definition) is 1. The molecule has 104 valence electrons. The van der Waals surface area contributed by atoms with E-state index in [2.05, 4.69) is 44.3 Å². The number of nitrogens with one attached hydrogen (secondary N) is 1. The smallest absolute Gasteiger partial charge is 0.0161 e. The van der Waals surface area contributed by atoms with Crippen molar-refractivity contribution in [1.29, 1.82) is 0 Å². The molecule has 1 saturated heterocycles. The number of rotatable bonds is 0. The Morgan fingerprint density at radius 3 is 2.67 bits per heavy atom. The molecule has 1 N–H and O–H groups in total. The van der Waals surface area contributed by atoms with Gasteiger partial charge in [0.05, 0.1) is 0 Å². The van der Waals surface area contributed by atoms with Crippen molar-refractivity contribution in [3.8, 4) is 0 Å². The van der Waals surface area contributed by atoms with Crippen LogP contribution in [0.1, 0.15) is 40.0 Å². The minimum Gasteiger partial charge on any atom is -0.313 e. The number of fused-ring (bicyclic) bond motifs is 4. The van der Waals surface area contributed by atoms with E-state index >= 15 is 0 Å². The molecule has 0 aromatic heterocycles. The van der Waals surface area contributed by atoms with Gasteiger partial charge in [-0.05, 0) is 42.6 Å². The van der Waals surface area contributed by atoms with Crippen LogP contribution in [0.25, 0.3) is 0 Å². The molecule has 0 amide bonds. The second-order valence-electron chi connectivity index (χ2n) is 6.56. The van der Waals surface area contributed by atoms with Gasteiger partial charge in [-0.3, -0.25) is 0 Å². The fourth-order valence-electron chi connectivity index (χ4n) is 4.22. The molecule has 1 aliphatic heterocycles. The molecule has 0 spiro atoms. The van der Waals surface area contributed by atoms with E-state index in [9.17, 15) is 0 Å². The molecular formula is C15H25Cl2N. The minimum atomic E-state index is 0. The molecule has 2 aliphatic carbocycles. The molecule has 3 heteroatoms. The lowest BCUT2D eigenvalue weighted by Gasteiger charge is -2.61. The summed E-state index contributed by atoms with van der Waals surface area (Å²) in [5, 5.41) is 3.73. The zero-order chi connectivity index (χ0) is 11.4. The lowest BCUT2D eigenvalue weighted by atomic mass is 9.47. The van der Waals surface area contributed by atoms with Gasteiger partial charge in [-0.2, -0.15) is 0 Å². The molecule has 0 radical (unpaired) electrons. The van der Waals surface area contributed by atoms with Crippen molar-refractivity contribution in [2.75, 3.05) is 6.54 Å². The van der Waals surface area contributed by atoms with Crippen LogP contribution in [0.3, 0.4) is 0 Å². The van der Waals surface area contributed by atoms with Gasteiger partial charge < -0.3 is 5.32 Å². The predicted octanol–water partition coefficient (Wildman–Crippen LogP) is 4.13. The van der Waals surface area contributed by atoms with E-state index in [1.807, 2.05) is 0 Å². The van der Waals surface area contributed by atoms with Gasteiger partial charge in [0.2, 0.25) is 0 Å². The van der Waals surface area contributed by atoms with Crippen LogP contribution in [-0.4, -0.2) is 12.6 Å². The first-order valence-electron chi connectivity index (χ1n) is 6.65. The number of hydrogen-bond acceptors (Lipinski definition) is 1. The highest BCUT2D eigenvalue weighted by atomic mass is 35.5. The van der Waals surface area contributed by atoms with Gasteiger partial charge in [-0.1, -0.05) is 44.6 Å². The van der Waals surface area contributed by atoms with E-state index in [-0.39, 0.29) is 24.8 Å². The lowest BCUT2D eigenvalue weighted by molar-refractivity contribution is -0.0567. The average Bonchev–Trinajstić information content (AvgIpc) is 2.23. The van der Waals surface area contributed by atoms with Gasteiger partial charge in [-0.15, -0.1) is 24.8 Å². The maximum atomic E-state index is 3.73. The molecule has 1 heterocycles. The van der Waals surface area contributed by atoms with Crippen LogP contribution in [0.4, 0.5) is 0 Å². The van der Waals surface area contributed by atoms with Gasteiger partial charge in [0.1, 0.15) is 0 Å². The number of piperidine rings is 1. The Morgan fingerprint density at radius 2 is 1.94 bits per heavy atom. The highest BCUT2D eigenvalue weighted by molar-refractivity contribution is 5.85. The molecule has 0 aromatic carbocycles. The fourth-order valence-corrected chi connectivity index (χ4v) is 4.22. The predicted molar refractivity (Wildman–Crippen MR) is 82.7 cm³/mol. The largest absolute Gasteiger partial charge is 0.313 e. The minimum absolute atomic E-state index is 0. The number of halogens is 2. The first kappa shape index (κ1) is 16.1. The van der Waals surface area contributed by atoms with E-state index in [0.29, 0.717) is 16.9 Å². The molecule has 1 saturated carbocycles. The Balaban J connectivity index is 0.000000810. The van der Waals surface area contributed by atoms with Crippen molar-refractivity contribution < 1.29 is 0 Å². The zero-order valence-corrected chi connectivity index (χ0v) is 13.2. The first-order chi connectivity index (χ1) is 7.56. The molecule has 3 unspecified atom stereocenters. The molecule has 2 bridgehead atoms. The summed E-state index contributed by atoms with van der Waals surface area (Å²) in [7, 11) is 0. The first-order valence-corrected chi connectivity index (χ1v) is 6.65. The van der Waals surface area contributed by atoms with Crippen molar-refractivity contribution in [2.45, 2.75) is 46.1 Å². The Kier molecular flexibility index (Phi) is 4.63. The van der Waals surface area contributed by atoms with Crippen molar-refractivity contribution in [3.05, 3.63) is 23.8 Å². The normalized spacial score (nSPS) is 39.8. The van der Waals surface area contributed by atoms with E-state index in [1.165, 1.54) is 25.8 Å². The summed E-state index contributed by atoms with van der Waals surface area (Å²) in [6, 6.07) is 0.681. The molecule has 3 atom stereocenters. The standard InChI is InChI=1S/C15H23N.2ClH/c1-14(2)13-10-11-6-4-5-7-12(11)15(14,3)8-9-16-13;;/h4-6,12-13,16H,7-10H2,1-3H3;2*1H. The molecule has 2 fully saturated rings. The van der Waals surface area contributed by atoms with Crippen molar-refractivity contribution in [2.24, 2.45) is 16.7 Å². The quantitative estimate of drug-likeness (QED) is 0.707. The molecule has 3 rings (SSSR count). The van der Waals surface area contributed by atoms with Gasteiger partial charge in [0, 0.05) is 6.04 Å². The molecular weight excluding hydrogens is 265 g/mol. The third kappa shape index (κ3) is 1.95. The van der Waals surface area contributed by atoms with Crippen LogP contribution in [0, 0.1) is 16.7 Å². The summed E-state index contributed by atoms with van der Waals surface area (Å²) in [5.74, 6) is 0.797. The van der Waals surface area contributed by atoms with Crippen LogP contribution in [-0.2, 0) is 0 Å². The Bertz CT molecular complexity index is 373. The molecule has 0 aromatic rings. The topological polar surface area (TPSA) is 12.0 Å². The highest BCUT2D eigenvalue weighted by Gasteiger charge is 2.56. The third-order valence-electron chi connectivity index (χ3n) is 5.85. The monoisotopic (exact) mass is 289 g/mol. The Hall–Kier alpha value is 0.0200. The summed E-state index contributed by atoms with van der Waals surface area (Å²) >= 11 is 0. The summed E-state index contributed by atoms with van der Waals surface area (Å²) in [5.41, 5.74) is 2.61. The van der Waals surface area contributed by atoms with E-state index in [4.69, 9.17) is 0 Å². The van der Waals surface area contributed by atoms with Crippen LogP contribution in [0.15, 0.2) is 23.8 Å². The van der Waals surface area contributed by atoms with Crippen LogP contribution < -0.4 is 5.32 Å². The summed E-state index contributed by atoms with van der Waals surface area (Å²) < 4.78 is 0. The molecule has 3 aliphatic rings. The summed E-state index contributed by atoms with van der Waals surface area (Å²) in [6.07, 6.45) is 10.8. The zero-order valence-electron chi connectivity index (χ0n) is 11.5. The van der Waals surface area contributed by atoms with Crippen LogP contribution in [0.5, 0.6) is 0 Å². The van der Waals surface area contributed by atoms with E-state index < -0.39 is 0 Å². The van der Waals surface area contributed by atoms with Gasteiger partial charge in [0.25, 0.3) is 0 Å². The maximum absolute atomic E-state index is 3.73. The van der Waals surface area contributed by atoms with E-state index in [0.717, 1.165) is 5.92 Å². The summed E-state index contributed by atoms with van der Waals surface area (Å²) in [6.45, 7) is 8.67. The second-order valence-corrected chi connectivity index (χ2v) is 6.56. The third-order valence-corrected chi connectivity index (χ3v) is 5.85. The SMILES string of the molecule is CC1(C)C2CC3=CC=CCC3C1(C)CCN2.Cl.Cl. The maximum Gasteiger partial charge on any atom is 0.0161 e. The Labute approximate surface area is 123 Å². The van der Waals surface area contributed by atoms with E-state index in [1.54, 1.807) is 5.57 Å². The Morgan fingerprint density at radius 1 is 1.22 bits per heavy atom. The number of allylic oxidation sites excluding steroid dienone is 3. The summed E-state index contributed by atoms with van der Waals surface area (Å²) in [4.78, 5) is 0. The van der Waals surface area contributed by atoms with Gasteiger partial charge in [-0.25, -0.2) is 0 Å². The van der Waals surface area contributed by atoms with Crippen molar-refractivity contribution in [1.82, 2.24) is 5.32 Å². The molecule has 18 heavy (non-hydrogen) atoms. The van der Waals surface area contributed by atoms with Crippen LogP contribution in [0.2, 0.25) is 0 Å². The van der Waals surface area contributed by atoms with Gasteiger partial charge >= 0.3 is 0 Å². The lowest BCUT2D eigenvalue weighted by Crippen LogP contribution is -2.63. The fraction of sp³-hybridized carbons (Fsp3) is 0.733. The van der Waals surface area contributed by atoms with Gasteiger partial charge in [0.15, 0.2) is 0 Å². The van der Waals surface area contributed by atoms with Crippen molar-refractivity contribution in [3.63, 3.8) is 0 Å². The highest BCUT2D eigenvalue weighted by Crippen LogP contribution is 2.60.